The molecule has 0 unspecified atom stereocenters. The van der Waals surface area contributed by atoms with Gasteiger partial charge in [-0.3, -0.25) is 4.98 Å². The van der Waals surface area contributed by atoms with Gasteiger partial charge in [0.15, 0.2) is 11.5 Å². The fraction of sp³-hybridized carbons (Fsp3) is 0.375. The lowest BCUT2D eigenvalue weighted by atomic mass is 10.2. The van der Waals surface area contributed by atoms with Crippen LogP contribution in [-0.4, -0.2) is 16.5 Å². The molecule has 17 heavy (non-hydrogen) atoms. The van der Waals surface area contributed by atoms with Crippen LogP contribution in [-0.2, 0) is 5.33 Å². The van der Waals surface area contributed by atoms with Gasteiger partial charge in [0.05, 0.1) is 6.20 Å². The van der Waals surface area contributed by atoms with Gasteiger partial charge in [-0.25, -0.2) is 8.78 Å². The molecule has 3 nitrogen and oxygen atoms in total. The maximum absolute atomic E-state index is 12.5. The molecular formula is C8H5BrF5NO2. The average Bonchev–Trinajstić information content (AvgIpc) is 2.18. The monoisotopic (exact) mass is 321 g/mol. The van der Waals surface area contributed by atoms with Crippen molar-refractivity contribution in [2.75, 3.05) is 0 Å². The van der Waals surface area contributed by atoms with Crippen LogP contribution < -0.4 is 4.74 Å². The summed E-state index contributed by atoms with van der Waals surface area (Å²) in [7, 11) is 0. The fourth-order valence-electron chi connectivity index (χ4n) is 1.08. The van der Waals surface area contributed by atoms with Crippen molar-refractivity contribution in [1.82, 2.24) is 4.98 Å². The van der Waals surface area contributed by atoms with Crippen LogP contribution in [0.15, 0.2) is 6.20 Å². The Morgan fingerprint density at radius 2 is 2.00 bits per heavy atom. The second kappa shape index (κ2) is 5.03. The zero-order valence-electron chi connectivity index (χ0n) is 7.93. The third-order valence-corrected chi connectivity index (χ3v) is 2.26. The second-order valence-electron chi connectivity index (χ2n) is 2.82. The number of nitrogens with zero attached hydrogens (tertiary/aromatic N) is 1. The lowest BCUT2D eigenvalue weighted by molar-refractivity contribution is -0.275. The van der Waals surface area contributed by atoms with E-state index in [1.807, 2.05) is 0 Å². The van der Waals surface area contributed by atoms with Gasteiger partial charge in [0, 0.05) is 10.9 Å². The largest absolute Gasteiger partial charge is 0.573 e. The van der Waals surface area contributed by atoms with Crippen molar-refractivity contribution in [1.29, 1.82) is 0 Å². The molecule has 0 aromatic carbocycles. The predicted molar refractivity (Wildman–Crippen MR) is 50.2 cm³/mol. The minimum atomic E-state index is -5.09. The van der Waals surface area contributed by atoms with Gasteiger partial charge in [-0.15, -0.1) is 13.2 Å². The van der Waals surface area contributed by atoms with Gasteiger partial charge in [-0.2, -0.15) is 0 Å². The standard InChI is InChI=1S/C8H5BrF5NO2/c9-1-3-5(7(10)11)15-2-4(16)6(3)17-8(12,13)14/h2,7,16H,1H2. The summed E-state index contributed by atoms with van der Waals surface area (Å²) < 4.78 is 64.4. The SMILES string of the molecule is Oc1cnc(C(F)F)c(CBr)c1OC(F)(F)F. The van der Waals surface area contributed by atoms with Crippen LogP contribution in [0.4, 0.5) is 22.0 Å². The highest BCUT2D eigenvalue weighted by Crippen LogP contribution is 2.39. The number of alkyl halides is 6. The number of rotatable bonds is 3. The van der Waals surface area contributed by atoms with E-state index in [9.17, 15) is 22.0 Å². The van der Waals surface area contributed by atoms with Gasteiger partial charge in [-0.1, -0.05) is 15.9 Å². The zero-order chi connectivity index (χ0) is 13.2. The van der Waals surface area contributed by atoms with Crippen LogP contribution in [0.25, 0.3) is 0 Å². The van der Waals surface area contributed by atoms with Gasteiger partial charge >= 0.3 is 6.36 Å². The van der Waals surface area contributed by atoms with Crippen LogP contribution in [0.1, 0.15) is 17.7 Å². The van der Waals surface area contributed by atoms with E-state index in [-0.39, 0.29) is 5.33 Å². The lowest BCUT2D eigenvalue weighted by Gasteiger charge is -2.15. The molecule has 1 N–H and O–H groups in total. The molecule has 0 amide bonds. The van der Waals surface area contributed by atoms with Crippen LogP contribution in [0.5, 0.6) is 11.5 Å². The van der Waals surface area contributed by atoms with E-state index in [0.717, 1.165) is 0 Å². The first-order valence-corrected chi connectivity index (χ1v) is 5.19. The molecular weight excluding hydrogens is 317 g/mol. The Morgan fingerprint density at radius 1 is 1.41 bits per heavy atom. The van der Waals surface area contributed by atoms with Gasteiger partial charge in [-0.05, 0) is 0 Å². The smallest absolute Gasteiger partial charge is 0.503 e. The summed E-state index contributed by atoms with van der Waals surface area (Å²) >= 11 is 2.74. The first-order chi connectivity index (χ1) is 7.76. The van der Waals surface area contributed by atoms with Crippen molar-refractivity contribution in [3.63, 3.8) is 0 Å². The van der Waals surface area contributed by atoms with Gasteiger partial charge in [0.1, 0.15) is 5.69 Å². The van der Waals surface area contributed by atoms with Crippen LogP contribution in [0, 0.1) is 0 Å². The van der Waals surface area contributed by atoms with E-state index in [0.29, 0.717) is 6.20 Å². The number of aromatic nitrogens is 1. The van der Waals surface area contributed by atoms with E-state index in [4.69, 9.17) is 5.11 Å². The second-order valence-corrected chi connectivity index (χ2v) is 3.38. The minimum absolute atomic E-state index is 0.362. The summed E-state index contributed by atoms with van der Waals surface area (Å²) in [5.74, 6) is -2.03. The quantitative estimate of drug-likeness (QED) is 0.684. The molecule has 1 heterocycles. The molecule has 0 atom stereocenters. The predicted octanol–water partition coefficient (Wildman–Crippen LogP) is 3.52. The summed E-state index contributed by atoms with van der Waals surface area (Å²) in [5, 5.41) is 8.78. The highest BCUT2D eigenvalue weighted by Gasteiger charge is 2.35. The summed E-state index contributed by atoms with van der Waals surface area (Å²) in [6, 6.07) is 0. The summed E-state index contributed by atoms with van der Waals surface area (Å²) in [5.41, 5.74) is -1.42. The molecule has 0 aliphatic carbocycles. The van der Waals surface area contributed by atoms with Crippen molar-refractivity contribution in [2.45, 2.75) is 18.1 Å². The number of pyridine rings is 1. The van der Waals surface area contributed by atoms with E-state index < -0.39 is 35.5 Å². The fourth-order valence-corrected chi connectivity index (χ4v) is 1.63. The molecule has 0 bridgehead atoms. The Bertz CT molecular complexity index is 410. The van der Waals surface area contributed by atoms with Gasteiger partial charge in [0.2, 0.25) is 0 Å². The van der Waals surface area contributed by atoms with E-state index in [1.165, 1.54) is 0 Å². The number of ether oxygens (including phenoxy) is 1. The van der Waals surface area contributed by atoms with Gasteiger partial charge < -0.3 is 9.84 Å². The Kier molecular flexibility index (Phi) is 4.12. The number of hydrogen-bond acceptors (Lipinski definition) is 3. The van der Waals surface area contributed by atoms with E-state index in [1.54, 1.807) is 0 Å². The molecule has 0 saturated carbocycles. The van der Waals surface area contributed by atoms with Crippen LogP contribution in [0.3, 0.4) is 0 Å². The molecule has 0 aliphatic rings. The molecule has 0 aliphatic heterocycles. The molecule has 0 radical (unpaired) electrons. The molecule has 0 spiro atoms. The number of hydrogen-bond donors (Lipinski definition) is 1. The molecule has 96 valence electrons. The molecule has 1 rings (SSSR count). The van der Waals surface area contributed by atoms with Crippen LogP contribution in [0.2, 0.25) is 0 Å². The lowest BCUT2D eigenvalue weighted by Crippen LogP contribution is -2.19. The van der Waals surface area contributed by atoms with Crippen molar-refractivity contribution < 1.29 is 31.8 Å². The average molecular weight is 322 g/mol. The highest BCUT2D eigenvalue weighted by molar-refractivity contribution is 9.08. The topological polar surface area (TPSA) is 42.4 Å². The van der Waals surface area contributed by atoms with Crippen molar-refractivity contribution in [3.8, 4) is 11.5 Å². The number of aromatic hydroxyl groups is 1. The first kappa shape index (κ1) is 13.9. The Balaban J connectivity index is 3.30. The Labute approximate surface area is 100 Å². The van der Waals surface area contributed by atoms with Crippen molar-refractivity contribution in [3.05, 3.63) is 17.5 Å². The number of halogens is 6. The molecule has 0 saturated heterocycles. The van der Waals surface area contributed by atoms with Crippen LogP contribution >= 0.6 is 15.9 Å². The summed E-state index contributed by atoms with van der Waals surface area (Å²) in [6.45, 7) is 0. The molecule has 1 aromatic rings. The van der Waals surface area contributed by atoms with Crippen molar-refractivity contribution in [2.24, 2.45) is 0 Å². The Hall–Kier alpha value is -1.12. The molecule has 9 heteroatoms. The van der Waals surface area contributed by atoms with Crippen molar-refractivity contribution >= 4 is 15.9 Å². The molecule has 0 fully saturated rings. The third kappa shape index (κ3) is 3.42. The highest BCUT2D eigenvalue weighted by atomic mass is 79.9. The maximum Gasteiger partial charge on any atom is 0.573 e. The van der Waals surface area contributed by atoms with E-state index in [2.05, 4.69) is 25.7 Å². The zero-order valence-corrected chi connectivity index (χ0v) is 9.52. The summed E-state index contributed by atoms with van der Waals surface area (Å²) in [6.07, 6.45) is -7.68. The van der Waals surface area contributed by atoms with E-state index >= 15 is 0 Å². The minimum Gasteiger partial charge on any atom is -0.503 e. The Morgan fingerprint density at radius 3 is 2.41 bits per heavy atom. The maximum atomic E-state index is 12.5. The third-order valence-electron chi connectivity index (χ3n) is 1.70. The first-order valence-electron chi connectivity index (χ1n) is 4.07. The summed E-state index contributed by atoms with van der Waals surface area (Å²) in [4.78, 5) is 3.16. The normalized spacial score (nSPS) is 11.9. The van der Waals surface area contributed by atoms with Gasteiger partial charge in [0.25, 0.3) is 6.43 Å². The molecule has 1 aromatic heterocycles.